The molecule has 0 bridgehead atoms. The van der Waals surface area contributed by atoms with E-state index >= 15 is 0 Å². The molecule has 1 atom stereocenters. The Bertz CT molecular complexity index is 876. The number of thiophene rings is 1. The van der Waals surface area contributed by atoms with Gasteiger partial charge in [-0.05, 0) is 41.3 Å². The van der Waals surface area contributed by atoms with Gasteiger partial charge in [0, 0.05) is 4.88 Å². The molecule has 3 aromatic rings. The average molecular weight is 381 g/mol. The molecule has 1 N–H and O–H groups in total. The summed E-state index contributed by atoms with van der Waals surface area (Å²) in [5.41, 5.74) is 1.33. The summed E-state index contributed by atoms with van der Waals surface area (Å²) in [4.78, 5) is 25.5. The van der Waals surface area contributed by atoms with Crippen LogP contribution in [0.15, 0.2) is 72.1 Å². The van der Waals surface area contributed by atoms with Crippen molar-refractivity contribution in [2.24, 2.45) is 0 Å². The second-order valence-corrected chi connectivity index (χ2v) is 6.71. The van der Waals surface area contributed by atoms with Gasteiger partial charge in [-0.3, -0.25) is 4.79 Å². The standard InChI is InChI=1S/C21H19NO4S/c1-25-17-11-9-16(10-12-17)21(24)26-14-19(23)22-20(18-8-5-13-27-18)15-6-3-2-4-7-15/h2-13,20H,14H2,1H3,(H,22,23)/t20-/m1/s1. The minimum atomic E-state index is -0.555. The van der Waals surface area contributed by atoms with E-state index < -0.39 is 5.97 Å². The molecular formula is C21H19NO4S. The highest BCUT2D eigenvalue weighted by Gasteiger charge is 2.19. The molecule has 1 aromatic heterocycles. The van der Waals surface area contributed by atoms with Gasteiger partial charge in [-0.2, -0.15) is 0 Å². The fraction of sp³-hybridized carbons (Fsp3) is 0.143. The van der Waals surface area contributed by atoms with Crippen molar-refractivity contribution in [2.75, 3.05) is 13.7 Å². The summed E-state index contributed by atoms with van der Waals surface area (Å²) >= 11 is 1.56. The van der Waals surface area contributed by atoms with Crippen LogP contribution in [0.25, 0.3) is 0 Å². The topological polar surface area (TPSA) is 64.6 Å². The van der Waals surface area contributed by atoms with E-state index in [2.05, 4.69) is 5.32 Å². The molecule has 2 aromatic carbocycles. The van der Waals surface area contributed by atoms with Gasteiger partial charge in [-0.25, -0.2) is 4.79 Å². The minimum Gasteiger partial charge on any atom is -0.497 e. The van der Waals surface area contributed by atoms with E-state index in [9.17, 15) is 9.59 Å². The lowest BCUT2D eigenvalue weighted by Gasteiger charge is -2.18. The van der Waals surface area contributed by atoms with E-state index in [4.69, 9.17) is 9.47 Å². The summed E-state index contributed by atoms with van der Waals surface area (Å²) in [5.74, 6) is -0.273. The molecule has 0 radical (unpaired) electrons. The molecule has 0 saturated carbocycles. The lowest BCUT2D eigenvalue weighted by atomic mass is 10.1. The Balaban J connectivity index is 1.61. The number of carbonyl (C=O) groups is 2. The smallest absolute Gasteiger partial charge is 0.338 e. The summed E-state index contributed by atoms with van der Waals surface area (Å²) in [6, 6.07) is 19.8. The van der Waals surface area contributed by atoms with E-state index in [1.165, 1.54) is 0 Å². The summed E-state index contributed by atoms with van der Waals surface area (Å²) < 4.78 is 10.2. The zero-order chi connectivity index (χ0) is 19.1. The maximum atomic E-state index is 12.4. The molecule has 1 amide bonds. The fourth-order valence-corrected chi connectivity index (χ4v) is 3.37. The van der Waals surface area contributed by atoms with Gasteiger partial charge >= 0.3 is 5.97 Å². The molecule has 0 aliphatic rings. The Morgan fingerprint density at radius 2 is 1.74 bits per heavy atom. The molecule has 138 valence electrons. The van der Waals surface area contributed by atoms with Crippen molar-refractivity contribution in [2.45, 2.75) is 6.04 Å². The van der Waals surface area contributed by atoms with Crippen LogP contribution in [0.4, 0.5) is 0 Å². The van der Waals surface area contributed by atoms with Crippen LogP contribution in [-0.4, -0.2) is 25.6 Å². The number of carbonyl (C=O) groups excluding carboxylic acids is 2. The molecule has 1 heterocycles. The van der Waals surface area contributed by atoms with Crippen LogP contribution in [0.5, 0.6) is 5.75 Å². The van der Waals surface area contributed by atoms with E-state index in [1.807, 2.05) is 47.8 Å². The highest BCUT2D eigenvalue weighted by Crippen LogP contribution is 2.25. The molecule has 0 unspecified atom stereocenters. The summed E-state index contributed by atoms with van der Waals surface area (Å²) in [6.45, 7) is -0.348. The molecule has 5 nitrogen and oxygen atoms in total. The van der Waals surface area contributed by atoms with Gasteiger partial charge < -0.3 is 14.8 Å². The van der Waals surface area contributed by atoms with Crippen LogP contribution >= 0.6 is 11.3 Å². The van der Waals surface area contributed by atoms with Crippen molar-refractivity contribution >= 4 is 23.2 Å². The Labute approximate surface area is 161 Å². The highest BCUT2D eigenvalue weighted by molar-refractivity contribution is 7.10. The third-order valence-electron chi connectivity index (χ3n) is 3.93. The number of hydrogen-bond donors (Lipinski definition) is 1. The first-order valence-electron chi connectivity index (χ1n) is 8.36. The van der Waals surface area contributed by atoms with Crippen LogP contribution in [0.2, 0.25) is 0 Å². The van der Waals surface area contributed by atoms with Gasteiger partial charge in [0.2, 0.25) is 0 Å². The number of benzene rings is 2. The van der Waals surface area contributed by atoms with Gasteiger partial charge in [0.25, 0.3) is 5.91 Å². The van der Waals surface area contributed by atoms with Crippen molar-refractivity contribution in [1.82, 2.24) is 5.32 Å². The average Bonchev–Trinajstić information content (AvgIpc) is 3.25. The van der Waals surface area contributed by atoms with Gasteiger partial charge in [-0.15, -0.1) is 11.3 Å². The van der Waals surface area contributed by atoms with Crippen LogP contribution in [-0.2, 0) is 9.53 Å². The van der Waals surface area contributed by atoms with E-state index in [0.717, 1.165) is 10.4 Å². The zero-order valence-electron chi connectivity index (χ0n) is 14.8. The normalized spacial score (nSPS) is 11.4. The quantitative estimate of drug-likeness (QED) is 0.632. The van der Waals surface area contributed by atoms with E-state index in [1.54, 1.807) is 42.7 Å². The first-order valence-corrected chi connectivity index (χ1v) is 9.24. The van der Waals surface area contributed by atoms with E-state index in [-0.39, 0.29) is 18.6 Å². The minimum absolute atomic E-state index is 0.279. The molecule has 0 spiro atoms. The lowest BCUT2D eigenvalue weighted by Crippen LogP contribution is -2.32. The van der Waals surface area contributed by atoms with Gasteiger partial charge in [0.05, 0.1) is 18.7 Å². The monoisotopic (exact) mass is 381 g/mol. The largest absolute Gasteiger partial charge is 0.497 e. The summed E-state index contributed by atoms with van der Waals surface area (Å²) in [7, 11) is 1.55. The van der Waals surface area contributed by atoms with Crippen molar-refractivity contribution in [3.8, 4) is 5.75 Å². The van der Waals surface area contributed by atoms with Crippen molar-refractivity contribution in [1.29, 1.82) is 0 Å². The van der Waals surface area contributed by atoms with Gasteiger partial charge in [0.1, 0.15) is 5.75 Å². The molecule has 0 aliphatic heterocycles. The maximum Gasteiger partial charge on any atom is 0.338 e. The molecule has 0 aliphatic carbocycles. The Morgan fingerprint density at radius 1 is 1.00 bits per heavy atom. The van der Waals surface area contributed by atoms with Crippen molar-refractivity contribution in [3.05, 3.63) is 88.1 Å². The molecule has 0 fully saturated rings. The third kappa shape index (κ3) is 4.95. The van der Waals surface area contributed by atoms with E-state index in [0.29, 0.717) is 11.3 Å². The number of hydrogen-bond acceptors (Lipinski definition) is 5. The Morgan fingerprint density at radius 3 is 2.37 bits per heavy atom. The molecule has 6 heteroatoms. The number of methoxy groups -OCH3 is 1. The van der Waals surface area contributed by atoms with Crippen LogP contribution in [0.1, 0.15) is 26.8 Å². The third-order valence-corrected chi connectivity index (χ3v) is 4.86. The lowest BCUT2D eigenvalue weighted by molar-refractivity contribution is -0.124. The second-order valence-electron chi connectivity index (χ2n) is 5.73. The number of amides is 1. The zero-order valence-corrected chi connectivity index (χ0v) is 15.6. The Hall–Kier alpha value is -3.12. The number of esters is 1. The second kappa shape index (κ2) is 9.00. The first-order chi connectivity index (χ1) is 13.2. The fourth-order valence-electron chi connectivity index (χ4n) is 2.56. The first kappa shape index (κ1) is 18.7. The maximum absolute atomic E-state index is 12.4. The van der Waals surface area contributed by atoms with Crippen LogP contribution in [0.3, 0.4) is 0 Å². The van der Waals surface area contributed by atoms with Crippen LogP contribution in [0, 0.1) is 0 Å². The molecule has 0 saturated heterocycles. The summed E-state index contributed by atoms with van der Waals surface area (Å²) in [6.07, 6.45) is 0. The molecule has 27 heavy (non-hydrogen) atoms. The van der Waals surface area contributed by atoms with Crippen LogP contribution < -0.4 is 10.1 Å². The predicted octanol–water partition coefficient (Wildman–Crippen LogP) is 3.82. The van der Waals surface area contributed by atoms with Gasteiger partial charge in [-0.1, -0.05) is 36.4 Å². The van der Waals surface area contributed by atoms with Crippen molar-refractivity contribution < 1.29 is 19.1 Å². The molecule has 3 rings (SSSR count). The summed E-state index contributed by atoms with van der Waals surface area (Å²) in [5, 5.41) is 4.89. The van der Waals surface area contributed by atoms with Crippen molar-refractivity contribution in [3.63, 3.8) is 0 Å². The molecular weight excluding hydrogens is 362 g/mol. The Kier molecular flexibility index (Phi) is 6.22. The number of ether oxygens (including phenoxy) is 2. The number of nitrogens with one attached hydrogen (secondary N) is 1. The predicted molar refractivity (Wildman–Crippen MR) is 104 cm³/mol. The SMILES string of the molecule is COc1ccc(C(=O)OCC(=O)N[C@H](c2ccccc2)c2cccs2)cc1. The number of rotatable bonds is 7. The van der Waals surface area contributed by atoms with Gasteiger partial charge in [0.15, 0.2) is 6.61 Å². The highest BCUT2D eigenvalue weighted by atomic mass is 32.1.